The zero-order valence-corrected chi connectivity index (χ0v) is 5.41. The molecule has 1 nitrogen and oxygen atoms in total. The maximum absolute atomic E-state index is 12.2. The van der Waals surface area contributed by atoms with Gasteiger partial charge < -0.3 is 5.11 Å². The molecule has 10 heavy (non-hydrogen) atoms. The normalized spacial score (nSPS) is 9.90. The summed E-state index contributed by atoms with van der Waals surface area (Å²) in [4.78, 5) is 0. The van der Waals surface area contributed by atoms with Gasteiger partial charge in [0.15, 0.2) is 17.4 Å². The summed E-state index contributed by atoms with van der Waals surface area (Å²) in [6.07, 6.45) is 0. The Balaban J connectivity index is 3.34. The topological polar surface area (TPSA) is 20.2 Å². The second-order valence-electron chi connectivity index (χ2n) is 1.61. The van der Waals surface area contributed by atoms with Crippen molar-refractivity contribution in [3.63, 3.8) is 0 Å². The second kappa shape index (κ2) is 2.42. The van der Waals surface area contributed by atoms with E-state index >= 15 is 0 Å². The Kier molecular flexibility index (Phi) is 1.76. The molecular formula is C6H2ClF2O. The van der Waals surface area contributed by atoms with Gasteiger partial charge in [0, 0.05) is 6.07 Å². The summed E-state index contributed by atoms with van der Waals surface area (Å²) in [5, 5.41) is 7.98. The first-order valence-electron chi connectivity index (χ1n) is 2.37. The predicted octanol–water partition coefficient (Wildman–Crippen LogP) is 2.12. The standard InChI is InChI=1S/C6H2ClF2O/c7-5-3(8)1-2-4(9)6(5)10/h2,10H. The van der Waals surface area contributed by atoms with E-state index in [0.717, 1.165) is 0 Å². The van der Waals surface area contributed by atoms with Gasteiger partial charge in [0.05, 0.1) is 0 Å². The lowest BCUT2D eigenvalue weighted by molar-refractivity contribution is 0.427. The zero-order valence-electron chi connectivity index (χ0n) is 4.66. The second-order valence-corrected chi connectivity index (χ2v) is 1.99. The summed E-state index contributed by atoms with van der Waals surface area (Å²) in [6.45, 7) is 0. The van der Waals surface area contributed by atoms with E-state index in [1.54, 1.807) is 0 Å². The van der Waals surface area contributed by atoms with Gasteiger partial charge in [0.2, 0.25) is 0 Å². The van der Waals surface area contributed by atoms with E-state index in [9.17, 15) is 8.78 Å². The average molecular weight is 164 g/mol. The zero-order chi connectivity index (χ0) is 7.72. The van der Waals surface area contributed by atoms with Gasteiger partial charge in [-0.25, -0.2) is 8.78 Å². The summed E-state index contributed by atoms with van der Waals surface area (Å²) in [7, 11) is 0. The third-order valence-corrected chi connectivity index (χ3v) is 1.30. The lowest BCUT2D eigenvalue weighted by atomic mass is 10.3. The summed E-state index contributed by atoms with van der Waals surface area (Å²) in [5.41, 5.74) is 0. The van der Waals surface area contributed by atoms with Crippen LogP contribution in [0.4, 0.5) is 8.78 Å². The first kappa shape index (κ1) is 7.28. The van der Waals surface area contributed by atoms with Crippen LogP contribution in [0.5, 0.6) is 5.75 Å². The fourth-order valence-corrected chi connectivity index (χ4v) is 0.612. The van der Waals surface area contributed by atoms with Crippen LogP contribution >= 0.6 is 11.6 Å². The molecule has 0 spiro atoms. The monoisotopic (exact) mass is 163 g/mol. The van der Waals surface area contributed by atoms with Crippen LogP contribution in [0.2, 0.25) is 5.02 Å². The molecule has 0 aliphatic rings. The molecule has 0 bridgehead atoms. The molecule has 0 unspecified atom stereocenters. The lowest BCUT2D eigenvalue weighted by Gasteiger charge is -1.96. The van der Waals surface area contributed by atoms with Gasteiger partial charge in [-0.3, -0.25) is 0 Å². The molecule has 0 amide bonds. The minimum atomic E-state index is -0.980. The lowest BCUT2D eigenvalue weighted by Crippen LogP contribution is -1.81. The van der Waals surface area contributed by atoms with Gasteiger partial charge in [-0.2, -0.15) is 0 Å². The van der Waals surface area contributed by atoms with Crippen molar-refractivity contribution in [1.29, 1.82) is 0 Å². The van der Waals surface area contributed by atoms with Crippen molar-refractivity contribution in [1.82, 2.24) is 0 Å². The van der Waals surface area contributed by atoms with Gasteiger partial charge in [-0.05, 0) is 6.07 Å². The van der Waals surface area contributed by atoms with Crippen LogP contribution in [-0.4, -0.2) is 5.11 Å². The highest BCUT2D eigenvalue weighted by Gasteiger charge is 2.09. The van der Waals surface area contributed by atoms with E-state index in [-0.39, 0.29) is 0 Å². The Morgan fingerprint density at radius 2 is 2.10 bits per heavy atom. The highest BCUT2D eigenvalue weighted by Crippen LogP contribution is 2.27. The van der Waals surface area contributed by atoms with E-state index < -0.39 is 22.4 Å². The molecule has 1 aromatic rings. The third kappa shape index (κ3) is 1.04. The smallest absolute Gasteiger partial charge is 0.173 e. The van der Waals surface area contributed by atoms with Crippen molar-refractivity contribution < 1.29 is 13.9 Å². The molecule has 4 heteroatoms. The highest BCUT2D eigenvalue weighted by atomic mass is 35.5. The van der Waals surface area contributed by atoms with Gasteiger partial charge in [0.25, 0.3) is 0 Å². The van der Waals surface area contributed by atoms with Crippen molar-refractivity contribution in [2.45, 2.75) is 0 Å². The number of hydrogen-bond donors (Lipinski definition) is 1. The minimum Gasteiger partial charge on any atom is -0.504 e. The molecule has 0 aliphatic heterocycles. The first-order chi connectivity index (χ1) is 4.63. The minimum absolute atomic E-state index is 0.639. The summed E-state index contributed by atoms with van der Waals surface area (Å²) in [6, 6.07) is 2.55. The third-order valence-electron chi connectivity index (χ3n) is 0.952. The molecule has 0 saturated carbocycles. The Morgan fingerprint density at radius 1 is 1.50 bits per heavy atom. The van der Waals surface area contributed by atoms with Crippen LogP contribution in [0, 0.1) is 17.7 Å². The molecule has 0 saturated heterocycles. The molecule has 0 fully saturated rings. The number of aromatic hydroxyl groups is 1. The van der Waals surface area contributed by atoms with Crippen molar-refractivity contribution in [3.8, 4) is 5.75 Å². The summed E-state index contributed by atoms with van der Waals surface area (Å²) in [5.74, 6) is -2.81. The Hall–Kier alpha value is -0.830. The largest absolute Gasteiger partial charge is 0.504 e. The number of hydrogen-bond acceptors (Lipinski definition) is 1. The molecule has 1 N–H and O–H groups in total. The number of phenolic OH excluding ortho intramolecular Hbond substituents is 1. The Morgan fingerprint density at radius 3 is 2.60 bits per heavy atom. The SMILES string of the molecule is Oc1c(F)c[c]c(F)c1Cl. The molecule has 0 heterocycles. The van der Waals surface area contributed by atoms with E-state index in [0.29, 0.717) is 6.07 Å². The predicted molar refractivity (Wildman–Crippen MR) is 31.9 cm³/mol. The molecule has 1 aromatic carbocycles. The molecule has 53 valence electrons. The molecule has 0 atom stereocenters. The van der Waals surface area contributed by atoms with E-state index in [4.69, 9.17) is 16.7 Å². The molecule has 0 aliphatic carbocycles. The van der Waals surface area contributed by atoms with Crippen LogP contribution in [0.1, 0.15) is 0 Å². The number of halogens is 3. The quantitative estimate of drug-likeness (QED) is 0.581. The molecular weight excluding hydrogens is 162 g/mol. The summed E-state index contributed by atoms with van der Waals surface area (Å²) < 4.78 is 24.5. The van der Waals surface area contributed by atoms with Crippen molar-refractivity contribution >= 4 is 11.6 Å². The van der Waals surface area contributed by atoms with E-state index in [1.165, 1.54) is 0 Å². The van der Waals surface area contributed by atoms with Crippen LogP contribution in [0.15, 0.2) is 6.07 Å². The average Bonchev–Trinajstić information content (AvgIpc) is 1.93. The summed E-state index contributed by atoms with van der Waals surface area (Å²) >= 11 is 5.09. The fourth-order valence-electron chi connectivity index (χ4n) is 0.467. The van der Waals surface area contributed by atoms with Gasteiger partial charge >= 0.3 is 0 Å². The van der Waals surface area contributed by atoms with Crippen LogP contribution in [0.3, 0.4) is 0 Å². The fraction of sp³-hybridized carbons (Fsp3) is 0. The van der Waals surface area contributed by atoms with Gasteiger partial charge in [0.1, 0.15) is 5.02 Å². The molecule has 1 rings (SSSR count). The number of phenols is 1. The van der Waals surface area contributed by atoms with Gasteiger partial charge in [-0.1, -0.05) is 11.6 Å². The van der Waals surface area contributed by atoms with E-state index in [2.05, 4.69) is 0 Å². The maximum atomic E-state index is 12.2. The van der Waals surface area contributed by atoms with Crippen LogP contribution in [-0.2, 0) is 0 Å². The van der Waals surface area contributed by atoms with Gasteiger partial charge in [-0.15, -0.1) is 0 Å². The van der Waals surface area contributed by atoms with Crippen molar-refractivity contribution in [3.05, 3.63) is 28.8 Å². The molecule has 0 aromatic heterocycles. The number of rotatable bonds is 0. The van der Waals surface area contributed by atoms with Crippen molar-refractivity contribution in [2.75, 3.05) is 0 Å². The number of benzene rings is 1. The Labute approximate surface area is 60.9 Å². The van der Waals surface area contributed by atoms with Crippen LogP contribution in [0.25, 0.3) is 0 Å². The first-order valence-corrected chi connectivity index (χ1v) is 2.75. The van der Waals surface area contributed by atoms with Crippen LogP contribution < -0.4 is 0 Å². The van der Waals surface area contributed by atoms with Crippen molar-refractivity contribution in [2.24, 2.45) is 0 Å². The highest BCUT2D eigenvalue weighted by molar-refractivity contribution is 6.32. The maximum Gasteiger partial charge on any atom is 0.173 e. The Bertz CT molecular complexity index is 235. The van der Waals surface area contributed by atoms with E-state index in [1.807, 2.05) is 6.07 Å². The molecule has 1 radical (unpaired) electrons.